The molecule has 0 bridgehead atoms. The summed E-state index contributed by atoms with van der Waals surface area (Å²) in [7, 11) is 0. The predicted molar refractivity (Wildman–Crippen MR) is 93.9 cm³/mol. The Morgan fingerprint density at radius 2 is 1.92 bits per heavy atom. The monoisotopic (exact) mass is 338 g/mol. The molecule has 0 saturated carbocycles. The molecule has 6 nitrogen and oxygen atoms in total. The standard InChI is InChI=1S/C17H14N4O2S/c22-16-11-18-20-17(24)21(16)19-10-13-6-4-5-7-14(13)12-23-15-8-2-1-3-9-15/h1-11H,12H2,(H,20,24)/b19-10-. The molecule has 2 aromatic carbocycles. The molecule has 0 aliphatic carbocycles. The first-order chi connectivity index (χ1) is 11.7. The summed E-state index contributed by atoms with van der Waals surface area (Å²) >= 11 is 5.01. The minimum atomic E-state index is -0.395. The van der Waals surface area contributed by atoms with E-state index in [1.807, 2.05) is 54.6 Å². The number of ether oxygens (including phenoxy) is 1. The number of hydrogen-bond acceptors (Lipinski definition) is 5. The Balaban J connectivity index is 1.83. The normalized spacial score (nSPS) is 10.8. The van der Waals surface area contributed by atoms with Gasteiger partial charge in [0, 0.05) is 5.56 Å². The van der Waals surface area contributed by atoms with Crippen molar-refractivity contribution in [1.29, 1.82) is 0 Å². The van der Waals surface area contributed by atoms with Crippen molar-refractivity contribution in [2.45, 2.75) is 6.61 Å². The molecular weight excluding hydrogens is 324 g/mol. The largest absolute Gasteiger partial charge is 0.489 e. The fourth-order valence-electron chi connectivity index (χ4n) is 2.04. The van der Waals surface area contributed by atoms with E-state index in [0.717, 1.165) is 27.7 Å². The average molecular weight is 338 g/mol. The molecule has 0 fully saturated rings. The smallest absolute Gasteiger partial charge is 0.293 e. The van der Waals surface area contributed by atoms with Gasteiger partial charge in [-0.25, -0.2) is 0 Å². The first kappa shape index (κ1) is 15.8. The fraction of sp³-hybridized carbons (Fsp3) is 0.0588. The lowest BCUT2D eigenvalue weighted by molar-refractivity contribution is 0.306. The van der Waals surface area contributed by atoms with Crippen LogP contribution in [0.5, 0.6) is 5.75 Å². The second-order valence-corrected chi connectivity index (χ2v) is 5.26. The zero-order valence-electron chi connectivity index (χ0n) is 12.6. The van der Waals surface area contributed by atoms with E-state index in [1.54, 1.807) is 6.21 Å². The van der Waals surface area contributed by atoms with Crippen LogP contribution < -0.4 is 10.3 Å². The summed E-state index contributed by atoms with van der Waals surface area (Å²) in [6.07, 6.45) is 2.70. The second-order valence-electron chi connectivity index (χ2n) is 4.87. The van der Waals surface area contributed by atoms with E-state index in [9.17, 15) is 4.79 Å². The van der Waals surface area contributed by atoms with Gasteiger partial charge in [-0.15, -0.1) is 0 Å². The lowest BCUT2D eigenvalue weighted by Gasteiger charge is -2.08. The fourth-order valence-corrected chi connectivity index (χ4v) is 2.23. The van der Waals surface area contributed by atoms with Gasteiger partial charge in [-0.3, -0.25) is 9.89 Å². The molecule has 1 N–H and O–H groups in total. The molecule has 0 amide bonds. The van der Waals surface area contributed by atoms with E-state index in [4.69, 9.17) is 17.0 Å². The minimum Gasteiger partial charge on any atom is -0.489 e. The number of benzene rings is 2. The molecule has 0 unspecified atom stereocenters. The molecule has 0 radical (unpaired) electrons. The maximum Gasteiger partial charge on any atom is 0.293 e. The number of nitrogens with zero attached hydrogens (tertiary/aromatic N) is 3. The summed E-state index contributed by atoms with van der Waals surface area (Å²) in [5, 5.41) is 10.3. The number of nitrogens with one attached hydrogen (secondary N) is 1. The van der Waals surface area contributed by atoms with Crippen molar-refractivity contribution in [3.8, 4) is 5.75 Å². The first-order valence-corrected chi connectivity index (χ1v) is 7.62. The van der Waals surface area contributed by atoms with Crippen LogP contribution in [-0.2, 0) is 6.61 Å². The van der Waals surface area contributed by atoms with Crippen LogP contribution in [0, 0.1) is 4.77 Å². The van der Waals surface area contributed by atoms with E-state index < -0.39 is 5.56 Å². The third-order valence-corrected chi connectivity index (χ3v) is 3.51. The Morgan fingerprint density at radius 1 is 1.17 bits per heavy atom. The summed E-state index contributed by atoms with van der Waals surface area (Å²) in [5.41, 5.74) is 1.39. The van der Waals surface area contributed by atoms with E-state index in [-0.39, 0.29) is 4.77 Å². The molecule has 24 heavy (non-hydrogen) atoms. The van der Waals surface area contributed by atoms with E-state index in [1.165, 1.54) is 0 Å². The molecule has 0 aliphatic heterocycles. The zero-order valence-corrected chi connectivity index (χ0v) is 13.4. The Morgan fingerprint density at radius 3 is 2.71 bits per heavy atom. The third kappa shape index (κ3) is 3.82. The number of rotatable bonds is 5. The molecule has 0 spiro atoms. The first-order valence-electron chi connectivity index (χ1n) is 7.21. The van der Waals surface area contributed by atoms with Gasteiger partial charge < -0.3 is 4.74 Å². The Hall–Kier alpha value is -3.06. The Labute approximate surface area is 143 Å². The minimum absolute atomic E-state index is 0.136. The number of para-hydroxylation sites is 1. The highest BCUT2D eigenvalue weighted by Gasteiger charge is 2.02. The van der Waals surface area contributed by atoms with Gasteiger partial charge >= 0.3 is 0 Å². The molecule has 7 heteroatoms. The molecule has 0 atom stereocenters. The van der Waals surface area contributed by atoms with E-state index >= 15 is 0 Å². The van der Waals surface area contributed by atoms with Gasteiger partial charge in [-0.2, -0.15) is 14.9 Å². The summed E-state index contributed by atoms with van der Waals surface area (Å²) < 4.78 is 6.98. The molecule has 3 rings (SSSR count). The van der Waals surface area contributed by atoms with Crippen LogP contribution in [0.4, 0.5) is 0 Å². The van der Waals surface area contributed by atoms with Crippen molar-refractivity contribution in [2.75, 3.05) is 0 Å². The van der Waals surface area contributed by atoms with Gasteiger partial charge in [0.25, 0.3) is 5.56 Å². The van der Waals surface area contributed by atoms with Crippen molar-refractivity contribution in [3.05, 3.63) is 87.0 Å². The Bertz CT molecular complexity index is 936. The lowest BCUT2D eigenvalue weighted by atomic mass is 10.1. The second kappa shape index (κ2) is 7.47. The van der Waals surface area contributed by atoms with E-state index in [2.05, 4.69) is 15.3 Å². The maximum atomic E-state index is 11.7. The summed E-state index contributed by atoms with van der Waals surface area (Å²) in [4.78, 5) is 11.7. The van der Waals surface area contributed by atoms with Crippen molar-refractivity contribution < 1.29 is 4.74 Å². The van der Waals surface area contributed by atoms with Crippen LogP contribution in [0.3, 0.4) is 0 Å². The highest BCUT2D eigenvalue weighted by Crippen LogP contribution is 2.13. The molecule has 0 saturated heterocycles. The van der Waals surface area contributed by atoms with Crippen molar-refractivity contribution in [1.82, 2.24) is 14.9 Å². The van der Waals surface area contributed by atoms with E-state index in [0.29, 0.717) is 6.61 Å². The van der Waals surface area contributed by atoms with Gasteiger partial charge in [0.15, 0.2) is 0 Å². The molecule has 3 aromatic rings. The van der Waals surface area contributed by atoms with Gasteiger partial charge in [0.05, 0.1) is 6.21 Å². The van der Waals surface area contributed by atoms with Crippen LogP contribution in [0.25, 0.3) is 0 Å². The molecular formula is C17H14N4O2S. The van der Waals surface area contributed by atoms with Crippen LogP contribution in [0.15, 0.2) is 70.7 Å². The van der Waals surface area contributed by atoms with Crippen molar-refractivity contribution in [2.24, 2.45) is 5.10 Å². The number of aromatic amines is 1. The van der Waals surface area contributed by atoms with Crippen LogP contribution in [-0.4, -0.2) is 21.1 Å². The predicted octanol–water partition coefficient (Wildman–Crippen LogP) is 2.76. The number of hydrogen-bond donors (Lipinski definition) is 1. The average Bonchev–Trinajstić information content (AvgIpc) is 2.61. The van der Waals surface area contributed by atoms with Gasteiger partial charge in [0.1, 0.15) is 18.6 Å². The van der Waals surface area contributed by atoms with Crippen LogP contribution in [0.1, 0.15) is 11.1 Å². The molecule has 1 heterocycles. The van der Waals surface area contributed by atoms with Crippen molar-refractivity contribution >= 4 is 18.4 Å². The summed E-state index contributed by atoms with van der Waals surface area (Å²) in [6, 6.07) is 17.2. The zero-order chi connectivity index (χ0) is 16.8. The summed E-state index contributed by atoms with van der Waals surface area (Å²) in [6.45, 7) is 0.393. The molecule has 120 valence electrons. The quantitative estimate of drug-likeness (QED) is 0.573. The topological polar surface area (TPSA) is 72.3 Å². The van der Waals surface area contributed by atoms with Gasteiger partial charge in [0.2, 0.25) is 4.77 Å². The van der Waals surface area contributed by atoms with Gasteiger partial charge in [-0.05, 0) is 29.9 Å². The number of H-pyrrole nitrogens is 1. The van der Waals surface area contributed by atoms with Crippen LogP contribution in [0.2, 0.25) is 0 Å². The molecule has 0 aliphatic rings. The summed E-state index contributed by atoms with van der Waals surface area (Å²) in [5.74, 6) is 0.789. The molecule has 1 aromatic heterocycles. The van der Waals surface area contributed by atoms with Gasteiger partial charge in [-0.1, -0.05) is 42.5 Å². The maximum absolute atomic E-state index is 11.7. The van der Waals surface area contributed by atoms with Crippen LogP contribution >= 0.6 is 12.2 Å². The SMILES string of the molecule is O=c1cn[nH]c(=S)n1/N=C\c1ccccc1COc1ccccc1. The highest BCUT2D eigenvalue weighted by atomic mass is 32.1. The van der Waals surface area contributed by atoms with Crippen molar-refractivity contribution in [3.63, 3.8) is 0 Å². The Kier molecular flexibility index (Phi) is 4.93. The highest BCUT2D eigenvalue weighted by molar-refractivity contribution is 7.71. The third-order valence-electron chi connectivity index (χ3n) is 3.24. The lowest BCUT2D eigenvalue weighted by Crippen LogP contribution is -2.18. The number of aromatic nitrogens is 3.